The van der Waals surface area contributed by atoms with E-state index >= 15 is 0 Å². The first kappa shape index (κ1) is 14.4. The molecule has 2 atom stereocenters. The van der Waals surface area contributed by atoms with Crippen molar-refractivity contribution in [2.24, 2.45) is 5.73 Å². The molecule has 2 N–H and O–H groups in total. The maximum absolute atomic E-state index is 12.3. The maximum atomic E-state index is 12.3. The van der Waals surface area contributed by atoms with Crippen molar-refractivity contribution in [2.45, 2.75) is 44.7 Å². The van der Waals surface area contributed by atoms with Crippen molar-refractivity contribution < 1.29 is 4.79 Å². The third-order valence-corrected chi connectivity index (χ3v) is 4.81. The number of hydrogen-bond donors (Lipinski definition) is 1. The van der Waals surface area contributed by atoms with E-state index in [2.05, 4.69) is 36.1 Å². The van der Waals surface area contributed by atoms with Crippen LogP contribution < -0.4 is 10.6 Å². The van der Waals surface area contributed by atoms with Crippen molar-refractivity contribution >= 4 is 11.6 Å². The molecular formula is C17H25N3O. The Hall–Kier alpha value is -1.55. The molecule has 1 fully saturated rings. The number of nitrogens with zero attached hydrogens (tertiary/aromatic N) is 2. The third kappa shape index (κ3) is 3.05. The summed E-state index contributed by atoms with van der Waals surface area (Å²) in [6, 6.07) is 9.25. The summed E-state index contributed by atoms with van der Waals surface area (Å²) in [4.78, 5) is 16.6. The minimum absolute atomic E-state index is 0.170. The Kier molecular flexibility index (Phi) is 4.15. The lowest BCUT2D eigenvalue weighted by atomic mass is 9.96. The molecule has 0 aromatic heterocycles. The van der Waals surface area contributed by atoms with Crippen LogP contribution in [0, 0.1) is 0 Å². The highest BCUT2D eigenvalue weighted by atomic mass is 16.2. The largest absolute Gasteiger partial charge is 0.368 e. The summed E-state index contributed by atoms with van der Waals surface area (Å²) in [5, 5.41) is 0. The van der Waals surface area contributed by atoms with E-state index < -0.39 is 0 Å². The van der Waals surface area contributed by atoms with Crippen LogP contribution in [-0.4, -0.2) is 42.5 Å². The van der Waals surface area contributed by atoms with Gasteiger partial charge in [-0.1, -0.05) is 18.2 Å². The summed E-state index contributed by atoms with van der Waals surface area (Å²) in [7, 11) is 0. The highest BCUT2D eigenvalue weighted by Gasteiger charge is 2.26. The van der Waals surface area contributed by atoms with Crippen LogP contribution >= 0.6 is 0 Å². The average Bonchev–Trinajstić information content (AvgIpc) is 2.92. The number of rotatable bonds is 3. The van der Waals surface area contributed by atoms with Crippen LogP contribution in [0.5, 0.6) is 0 Å². The summed E-state index contributed by atoms with van der Waals surface area (Å²) in [5.74, 6) is 0.248. The van der Waals surface area contributed by atoms with Gasteiger partial charge in [0, 0.05) is 43.8 Å². The molecule has 0 unspecified atom stereocenters. The molecule has 3 rings (SSSR count). The highest BCUT2D eigenvalue weighted by Crippen LogP contribution is 2.30. The van der Waals surface area contributed by atoms with E-state index in [0.29, 0.717) is 12.5 Å². The summed E-state index contributed by atoms with van der Waals surface area (Å²) in [6.45, 7) is 4.62. The fraction of sp³-hybridized carbons (Fsp3) is 0.588. The Morgan fingerprint density at radius 1 is 1.33 bits per heavy atom. The Labute approximate surface area is 126 Å². The predicted octanol–water partition coefficient (Wildman–Crippen LogP) is 1.78. The second kappa shape index (κ2) is 6.06. The molecule has 4 heteroatoms. The standard InChI is InChI=1S/C17H25N3O/c1-13-6-7-14-4-2-3-5-16(14)20(13)11-9-17(21)19-10-8-15(18)12-19/h2-5,13,15H,6-12,18H2,1H3/t13-,15+/m1/s1. The molecule has 0 spiro atoms. The van der Waals surface area contributed by atoms with Crippen LogP contribution in [0.3, 0.4) is 0 Å². The first-order valence-corrected chi connectivity index (χ1v) is 8.03. The number of amides is 1. The Balaban J connectivity index is 1.63. The first-order chi connectivity index (χ1) is 10.1. The topological polar surface area (TPSA) is 49.6 Å². The zero-order valence-electron chi connectivity index (χ0n) is 12.8. The van der Waals surface area contributed by atoms with E-state index in [1.807, 2.05) is 4.90 Å². The van der Waals surface area contributed by atoms with Gasteiger partial charge in [0.2, 0.25) is 5.91 Å². The molecule has 2 heterocycles. The van der Waals surface area contributed by atoms with E-state index in [9.17, 15) is 4.79 Å². The molecule has 2 aliphatic rings. The fourth-order valence-corrected chi connectivity index (χ4v) is 3.49. The average molecular weight is 287 g/mol. The molecule has 1 aromatic carbocycles. The molecule has 2 aliphatic heterocycles. The molecule has 21 heavy (non-hydrogen) atoms. The molecule has 114 valence electrons. The van der Waals surface area contributed by atoms with E-state index in [1.54, 1.807) is 0 Å². The summed E-state index contributed by atoms with van der Waals surface area (Å²) in [6.07, 6.45) is 3.84. The van der Waals surface area contributed by atoms with Crippen LogP contribution in [0.1, 0.15) is 31.7 Å². The minimum Gasteiger partial charge on any atom is -0.368 e. The van der Waals surface area contributed by atoms with Gasteiger partial charge in [0.1, 0.15) is 0 Å². The highest BCUT2D eigenvalue weighted by molar-refractivity contribution is 5.77. The normalized spacial score (nSPS) is 25.0. The minimum atomic E-state index is 0.170. The van der Waals surface area contributed by atoms with Gasteiger partial charge in [-0.3, -0.25) is 4.79 Å². The van der Waals surface area contributed by atoms with Gasteiger partial charge in [0.25, 0.3) is 0 Å². The van der Waals surface area contributed by atoms with E-state index in [0.717, 1.165) is 32.5 Å². The smallest absolute Gasteiger partial charge is 0.224 e. The number of nitrogens with two attached hydrogens (primary N) is 1. The molecular weight excluding hydrogens is 262 g/mol. The van der Waals surface area contributed by atoms with Crippen molar-refractivity contribution in [3.8, 4) is 0 Å². The quantitative estimate of drug-likeness (QED) is 0.922. The molecule has 1 saturated heterocycles. The Morgan fingerprint density at radius 3 is 2.90 bits per heavy atom. The van der Waals surface area contributed by atoms with Gasteiger partial charge in [0.05, 0.1) is 0 Å². The van der Waals surface area contributed by atoms with E-state index in [1.165, 1.54) is 17.7 Å². The van der Waals surface area contributed by atoms with Crippen LogP contribution in [0.4, 0.5) is 5.69 Å². The van der Waals surface area contributed by atoms with Crippen molar-refractivity contribution in [1.29, 1.82) is 0 Å². The lowest BCUT2D eigenvalue weighted by Gasteiger charge is -2.37. The number of aryl methyl sites for hydroxylation is 1. The number of anilines is 1. The molecule has 0 aliphatic carbocycles. The predicted molar refractivity (Wildman–Crippen MR) is 85.4 cm³/mol. The van der Waals surface area contributed by atoms with E-state index in [4.69, 9.17) is 5.73 Å². The zero-order valence-corrected chi connectivity index (χ0v) is 12.8. The number of hydrogen-bond acceptors (Lipinski definition) is 3. The number of carbonyl (C=O) groups is 1. The molecule has 0 bridgehead atoms. The van der Waals surface area contributed by atoms with Gasteiger partial charge in [-0.05, 0) is 37.8 Å². The molecule has 1 aromatic rings. The number of benzene rings is 1. The fourth-order valence-electron chi connectivity index (χ4n) is 3.49. The molecule has 0 radical (unpaired) electrons. The van der Waals surface area contributed by atoms with Crippen molar-refractivity contribution in [3.05, 3.63) is 29.8 Å². The Bertz CT molecular complexity index is 517. The molecule has 0 saturated carbocycles. The van der Waals surface area contributed by atoms with Gasteiger partial charge in [-0.25, -0.2) is 0 Å². The number of para-hydroxylation sites is 1. The van der Waals surface area contributed by atoms with Crippen molar-refractivity contribution in [2.75, 3.05) is 24.5 Å². The van der Waals surface area contributed by atoms with Crippen LogP contribution in [0.15, 0.2) is 24.3 Å². The van der Waals surface area contributed by atoms with Crippen molar-refractivity contribution in [1.82, 2.24) is 4.90 Å². The first-order valence-electron chi connectivity index (χ1n) is 8.03. The van der Waals surface area contributed by atoms with Crippen molar-refractivity contribution in [3.63, 3.8) is 0 Å². The van der Waals surface area contributed by atoms with Gasteiger partial charge in [-0.2, -0.15) is 0 Å². The van der Waals surface area contributed by atoms with Crippen LogP contribution in [0.25, 0.3) is 0 Å². The SMILES string of the molecule is C[C@@H]1CCc2ccccc2N1CCC(=O)N1CC[C@H](N)C1. The second-order valence-electron chi connectivity index (χ2n) is 6.35. The summed E-state index contributed by atoms with van der Waals surface area (Å²) < 4.78 is 0. The summed E-state index contributed by atoms with van der Waals surface area (Å²) in [5.41, 5.74) is 8.60. The van der Waals surface area contributed by atoms with Crippen LogP contribution in [0.2, 0.25) is 0 Å². The van der Waals surface area contributed by atoms with E-state index in [-0.39, 0.29) is 11.9 Å². The molecule has 1 amide bonds. The lowest BCUT2D eigenvalue weighted by Crippen LogP contribution is -2.40. The zero-order chi connectivity index (χ0) is 14.8. The second-order valence-corrected chi connectivity index (χ2v) is 6.35. The number of carbonyl (C=O) groups excluding carboxylic acids is 1. The summed E-state index contributed by atoms with van der Waals surface area (Å²) >= 11 is 0. The van der Waals surface area contributed by atoms with Gasteiger partial charge in [0.15, 0.2) is 0 Å². The van der Waals surface area contributed by atoms with Crippen LogP contribution in [-0.2, 0) is 11.2 Å². The Morgan fingerprint density at radius 2 is 2.14 bits per heavy atom. The van der Waals surface area contributed by atoms with Gasteiger partial charge < -0.3 is 15.5 Å². The lowest BCUT2D eigenvalue weighted by molar-refractivity contribution is -0.130. The number of fused-ring (bicyclic) bond motifs is 1. The third-order valence-electron chi connectivity index (χ3n) is 4.81. The van der Waals surface area contributed by atoms with Gasteiger partial charge >= 0.3 is 0 Å². The monoisotopic (exact) mass is 287 g/mol. The van der Waals surface area contributed by atoms with Gasteiger partial charge in [-0.15, -0.1) is 0 Å². The number of likely N-dealkylation sites (tertiary alicyclic amines) is 1. The maximum Gasteiger partial charge on any atom is 0.224 e. The molecule has 4 nitrogen and oxygen atoms in total.